The van der Waals surface area contributed by atoms with E-state index in [2.05, 4.69) is 27.9 Å². The Morgan fingerprint density at radius 1 is 1.18 bits per heavy atom. The van der Waals surface area contributed by atoms with E-state index in [9.17, 15) is 19.2 Å². The molecule has 2 aromatic carbocycles. The van der Waals surface area contributed by atoms with Crippen LogP contribution < -0.4 is 5.32 Å². The monoisotopic (exact) mass is 598 g/mol. The van der Waals surface area contributed by atoms with Crippen LogP contribution in [0.25, 0.3) is 6.08 Å². The molecule has 0 atom stereocenters. The molecule has 1 N–H and O–H groups in total. The Morgan fingerprint density at radius 3 is 2.61 bits per heavy atom. The smallest absolute Gasteiger partial charge is 0.339 e. The van der Waals surface area contributed by atoms with Gasteiger partial charge in [-0.2, -0.15) is 0 Å². The van der Waals surface area contributed by atoms with Crippen LogP contribution in [-0.4, -0.2) is 41.1 Å². The molecular weight excluding hydrogens is 579 g/mol. The molecule has 3 amide bonds. The van der Waals surface area contributed by atoms with Crippen LogP contribution >= 0.6 is 46.0 Å². The van der Waals surface area contributed by atoms with Gasteiger partial charge in [0.1, 0.15) is 6.54 Å². The van der Waals surface area contributed by atoms with Gasteiger partial charge >= 0.3 is 5.97 Å². The van der Waals surface area contributed by atoms with Crippen molar-refractivity contribution in [3.8, 4) is 0 Å². The fraction of sp³-hybridized carbons (Fsp3) is 0.217. The predicted molar refractivity (Wildman–Crippen MR) is 137 cm³/mol. The Kier molecular flexibility index (Phi) is 8.93. The Bertz CT molecular complexity index is 1120. The molecule has 0 bridgehead atoms. The number of imide groups is 1. The quantitative estimate of drug-likeness (QED) is 0.185. The first-order valence-electron chi connectivity index (χ1n) is 10.1. The van der Waals surface area contributed by atoms with Gasteiger partial charge in [0.15, 0.2) is 0 Å². The van der Waals surface area contributed by atoms with Crippen LogP contribution in [0.4, 0.5) is 10.5 Å². The van der Waals surface area contributed by atoms with Gasteiger partial charge in [-0.25, -0.2) is 4.79 Å². The third-order valence-electron chi connectivity index (χ3n) is 4.54. The molecule has 0 aromatic heterocycles. The van der Waals surface area contributed by atoms with Crippen LogP contribution in [0.1, 0.15) is 35.7 Å². The second-order valence-electron chi connectivity index (χ2n) is 7.05. The summed E-state index contributed by atoms with van der Waals surface area (Å²) in [5, 5.41) is 2.26. The van der Waals surface area contributed by atoms with Gasteiger partial charge in [0.2, 0.25) is 5.91 Å². The van der Waals surface area contributed by atoms with Crippen molar-refractivity contribution in [1.82, 2.24) is 4.90 Å². The van der Waals surface area contributed by atoms with Gasteiger partial charge in [0, 0.05) is 9.26 Å². The standard InChI is InChI=1S/C23H20ClIN2O5S/c1-2-3-10-32-22(30)17-12-16(8-9-18(17)24)26-20(28)13-27-21(29)19(33-23(27)31)11-14-4-6-15(25)7-5-14/h4-9,11-12H,2-3,10,13H2,1H3,(H,26,28)/b19-11-. The van der Waals surface area contributed by atoms with Crippen LogP contribution in [-0.2, 0) is 14.3 Å². The molecule has 10 heteroatoms. The lowest BCUT2D eigenvalue weighted by molar-refractivity contribution is -0.127. The molecular formula is C23H20ClIN2O5S. The minimum Gasteiger partial charge on any atom is -0.462 e. The molecule has 0 unspecified atom stereocenters. The number of nitrogens with one attached hydrogen (secondary N) is 1. The summed E-state index contributed by atoms with van der Waals surface area (Å²) in [6.45, 7) is 1.80. The Balaban J connectivity index is 1.65. The van der Waals surface area contributed by atoms with Crippen molar-refractivity contribution in [3.05, 3.63) is 67.1 Å². The zero-order valence-corrected chi connectivity index (χ0v) is 21.3. The summed E-state index contributed by atoms with van der Waals surface area (Å²) in [5.74, 6) is -1.70. The molecule has 7 nitrogen and oxygen atoms in total. The number of esters is 1. The SMILES string of the molecule is CCCCOC(=O)c1cc(NC(=O)CN2C(=O)S/C(=C\c3ccc(I)cc3)C2=O)ccc1Cl. The summed E-state index contributed by atoms with van der Waals surface area (Å²) < 4.78 is 6.22. The summed E-state index contributed by atoms with van der Waals surface area (Å²) in [6, 6.07) is 11.9. The number of benzene rings is 2. The van der Waals surface area contributed by atoms with E-state index in [1.165, 1.54) is 18.2 Å². The van der Waals surface area contributed by atoms with E-state index >= 15 is 0 Å². The maximum atomic E-state index is 12.6. The van der Waals surface area contributed by atoms with E-state index in [0.717, 1.165) is 38.6 Å². The summed E-state index contributed by atoms with van der Waals surface area (Å²) >= 11 is 9.05. The molecule has 1 saturated heterocycles. The number of amides is 3. The van der Waals surface area contributed by atoms with Gasteiger partial charge in [0.25, 0.3) is 11.1 Å². The molecule has 3 rings (SSSR count). The van der Waals surface area contributed by atoms with Gasteiger partial charge in [-0.15, -0.1) is 0 Å². The van der Waals surface area contributed by atoms with E-state index in [4.69, 9.17) is 16.3 Å². The van der Waals surface area contributed by atoms with Crippen molar-refractivity contribution < 1.29 is 23.9 Å². The number of carbonyl (C=O) groups excluding carboxylic acids is 4. The van der Waals surface area contributed by atoms with Crippen LogP contribution in [0, 0.1) is 3.57 Å². The molecule has 0 radical (unpaired) electrons. The van der Waals surface area contributed by atoms with Crippen molar-refractivity contribution in [3.63, 3.8) is 0 Å². The second-order valence-corrected chi connectivity index (χ2v) is 9.70. The van der Waals surface area contributed by atoms with Crippen molar-refractivity contribution in [1.29, 1.82) is 0 Å². The van der Waals surface area contributed by atoms with Gasteiger partial charge in [-0.1, -0.05) is 37.1 Å². The molecule has 0 spiro atoms. The van der Waals surface area contributed by atoms with E-state index in [1.54, 1.807) is 6.08 Å². The maximum Gasteiger partial charge on any atom is 0.339 e. The van der Waals surface area contributed by atoms with E-state index in [1.807, 2.05) is 31.2 Å². The fourth-order valence-electron chi connectivity index (χ4n) is 2.84. The number of anilines is 1. The molecule has 1 fully saturated rings. The topological polar surface area (TPSA) is 92.8 Å². The lowest BCUT2D eigenvalue weighted by Crippen LogP contribution is -2.36. The van der Waals surface area contributed by atoms with Crippen molar-refractivity contribution in [2.75, 3.05) is 18.5 Å². The minimum atomic E-state index is -0.587. The Hall–Kier alpha value is -2.37. The molecule has 1 aliphatic heterocycles. The third-order valence-corrected chi connectivity index (χ3v) is 6.50. The first kappa shape index (κ1) is 25.3. The zero-order chi connectivity index (χ0) is 24.0. The molecule has 2 aromatic rings. The molecule has 172 valence electrons. The third kappa shape index (κ3) is 6.81. The van der Waals surface area contributed by atoms with E-state index in [-0.39, 0.29) is 22.1 Å². The molecule has 0 aliphatic carbocycles. The average Bonchev–Trinajstić information content (AvgIpc) is 3.04. The average molecular weight is 599 g/mol. The van der Waals surface area contributed by atoms with Crippen molar-refractivity contribution in [2.45, 2.75) is 19.8 Å². The first-order valence-corrected chi connectivity index (χ1v) is 12.3. The lowest BCUT2D eigenvalue weighted by atomic mass is 10.2. The number of thioether (sulfide) groups is 1. The number of unbranched alkanes of at least 4 members (excludes halogenated alkanes) is 1. The van der Waals surface area contributed by atoms with Crippen LogP contribution in [0.5, 0.6) is 0 Å². The maximum absolute atomic E-state index is 12.6. The summed E-state index contributed by atoms with van der Waals surface area (Å²) in [7, 11) is 0. The van der Waals surface area contributed by atoms with E-state index in [0.29, 0.717) is 5.69 Å². The van der Waals surface area contributed by atoms with Gasteiger partial charge in [-0.3, -0.25) is 19.3 Å². The number of hydrogen-bond donors (Lipinski definition) is 1. The van der Waals surface area contributed by atoms with Gasteiger partial charge < -0.3 is 10.1 Å². The molecule has 0 saturated carbocycles. The number of hydrogen-bond acceptors (Lipinski definition) is 6. The Labute approximate surface area is 214 Å². The molecule has 1 heterocycles. The number of carbonyl (C=O) groups is 4. The number of halogens is 2. The van der Waals surface area contributed by atoms with Gasteiger partial charge in [0.05, 0.1) is 22.1 Å². The zero-order valence-electron chi connectivity index (χ0n) is 17.6. The predicted octanol–water partition coefficient (Wildman–Crippen LogP) is 5.58. The van der Waals surface area contributed by atoms with Gasteiger partial charge in [-0.05, 0) is 82.7 Å². The molecule has 33 heavy (non-hydrogen) atoms. The highest BCUT2D eigenvalue weighted by Crippen LogP contribution is 2.32. The van der Waals surface area contributed by atoms with E-state index < -0.39 is 29.6 Å². The summed E-state index contributed by atoms with van der Waals surface area (Å²) in [6.07, 6.45) is 3.23. The van der Waals surface area contributed by atoms with Crippen LogP contribution in [0.3, 0.4) is 0 Å². The normalized spacial score (nSPS) is 14.6. The Morgan fingerprint density at radius 2 is 1.91 bits per heavy atom. The number of nitrogens with zero attached hydrogens (tertiary/aromatic N) is 1. The van der Waals surface area contributed by atoms with Crippen LogP contribution in [0.2, 0.25) is 5.02 Å². The summed E-state index contributed by atoms with van der Waals surface area (Å²) in [4.78, 5) is 50.8. The molecule has 1 aliphatic rings. The number of ether oxygens (including phenoxy) is 1. The van der Waals surface area contributed by atoms with Crippen LogP contribution in [0.15, 0.2) is 47.4 Å². The largest absolute Gasteiger partial charge is 0.462 e. The minimum absolute atomic E-state index is 0.122. The van der Waals surface area contributed by atoms with Crippen molar-refractivity contribution in [2.24, 2.45) is 0 Å². The second kappa shape index (κ2) is 11.7. The first-order chi connectivity index (χ1) is 15.8. The lowest BCUT2D eigenvalue weighted by Gasteiger charge is -2.13. The summed E-state index contributed by atoms with van der Waals surface area (Å²) in [5.41, 5.74) is 1.20. The highest BCUT2D eigenvalue weighted by molar-refractivity contribution is 14.1. The van der Waals surface area contributed by atoms with Crippen molar-refractivity contribution >= 4 is 80.7 Å². The number of rotatable bonds is 8. The highest BCUT2D eigenvalue weighted by atomic mass is 127. The highest BCUT2D eigenvalue weighted by Gasteiger charge is 2.36. The fourth-order valence-corrected chi connectivity index (χ4v) is 4.23.